The number of rotatable bonds is 4. The van der Waals surface area contributed by atoms with E-state index < -0.39 is 11.9 Å². The smallest absolute Gasteiger partial charge is 0.328 e. The normalized spacial score (nSPS) is 10.5. The minimum atomic E-state index is -1.09. The van der Waals surface area contributed by atoms with E-state index in [1.165, 1.54) is 12.3 Å². The van der Waals surface area contributed by atoms with Crippen molar-refractivity contribution < 1.29 is 14.7 Å². The van der Waals surface area contributed by atoms with E-state index in [1.807, 2.05) is 13.0 Å². The number of carboxylic acids is 1. The monoisotopic (exact) mass is 283 g/mol. The second kappa shape index (κ2) is 6.42. The van der Waals surface area contributed by atoms with Crippen molar-refractivity contribution in [2.24, 2.45) is 0 Å². The van der Waals surface area contributed by atoms with Gasteiger partial charge in [-0.1, -0.05) is 6.07 Å². The Balaban J connectivity index is 2.25. The molecule has 0 radical (unpaired) electrons. The number of pyridine rings is 2. The summed E-state index contributed by atoms with van der Waals surface area (Å²) < 4.78 is 0. The zero-order chi connectivity index (χ0) is 15.2. The summed E-state index contributed by atoms with van der Waals surface area (Å²) in [5.74, 6) is -1.12. The summed E-state index contributed by atoms with van der Waals surface area (Å²) in [6, 6.07) is 6.79. The van der Waals surface area contributed by atoms with Crippen LogP contribution in [0.15, 0.2) is 42.7 Å². The number of hydrogen-bond donors (Lipinski definition) is 2. The molecule has 0 fully saturated rings. The Morgan fingerprint density at radius 2 is 2.05 bits per heavy atom. The van der Waals surface area contributed by atoms with Gasteiger partial charge in [0.1, 0.15) is 11.5 Å². The molecule has 2 heterocycles. The van der Waals surface area contributed by atoms with Crippen LogP contribution in [0, 0.1) is 6.92 Å². The SMILES string of the molecule is Cc1ccnc(NC(=O)c2ncccc2/C=C/C(=O)O)c1. The van der Waals surface area contributed by atoms with Crippen LogP contribution in [-0.2, 0) is 4.79 Å². The van der Waals surface area contributed by atoms with Gasteiger partial charge in [-0.2, -0.15) is 0 Å². The van der Waals surface area contributed by atoms with Gasteiger partial charge in [-0.15, -0.1) is 0 Å². The molecule has 21 heavy (non-hydrogen) atoms. The van der Waals surface area contributed by atoms with Crippen molar-refractivity contribution >= 4 is 23.8 Å². The van der Waals surface area contributed by atoms with Crippen LogP contribution in [0.5, 0.6) is 0 Å². The number of carboxylic acid groups (broad SMARTS) is 1. The van der Waals surface area contributed by atoms with Gasteiger partial charge in [0.15, 0.2) is 0 Å². The van der Waals surface area contributed by atoms with Crippen LogP contribution in [0.4, 0.5) is 5.82 Å². The molecule has 0 unspecified atom stereocenters. The van der Waals surface area contributed by atoms with Gasteiger partial charge in [0.2, 0.25) is 0 Å². The van der Waals surface area contributed by atoms with Crippen molar-refractivity contribution in [1.82, 2.24) is 9.97 Å². The molecule has 2 rings (SSSR count). The van der Waals surface area contributed by atoms with Gasteiger partial charge in [0, 0.05) is 24.0 Å². The molecule has 0 aromatic carbocycles. The minimum absolute atomic E-state index is 0.137. The summed E-state index contributed by atoms with van der Waals surface area (Å²) in [7, 11) is 0. The number of carbonyl (C=O) groups excluding carboxylic acids is 1. The number of anilines is 1. The third-order valence-electron chi connectivity index (χ3n) is 2.62. The molecule has 2 N–H and O–H groups in total. The van der Waals surface area contributed by atoms with Crippen molar-refractivity contribution in [3.05, 3.63) is 59.6 Å². The third kappa shape index (κ3) is 3.97. The fourth-order valence-electron chi connectivity index (χ4n) is 1.68. The van der Waals surface area contributed by atoms with Gasteiger partial charge in [0.05, 0.1) is 0 Å². The van der Waals surface area contributed by atoms with Crippen LogP contribution in [0.2, 0.25) is 0 Å². The summed E-state index contributed by atoms with van der Waals surface area (Å²) in [6.07, 6.45) is 5.35. The van der Waals surface area contributed by atoms with Gasteiger partial charge >= 0.3 is 5.97 Å². The summed E-state index contributed by atoms with van der Waals surface area (Å²) >= 11 is 0. The number of carbonyl (C=O) groups is 2. The van der Waals surface area contributed by atoms with E-state index in [2.05, 4.69) is 15.3 Å². The maximum Gasteiger partial charge on any atom is 0.328 e. The number of aryl methyl sites for hydroxylation is 1. The van der Waals surface area contributed by atoms with Crippen LogP contribution in [0.25, 0.3) is 6.08 Å². The molecule has 0 aliphatic carbocycles. The lowest BCUT2D eigenvalue weighted by molar-refractivity contribution is -0.131. The Bertz CT molecular complexity index is 711. The van der Waals surface area contributed by atoms with E-state index in [1.54, 1.807) is 24.4 Å². The minimum Gasteiger partial charge on any atom is -0.478 e. The second-order valence-corrected chi connectivity index (χ2v) is 4.29. The van der Waals surface area contributed by atoms with Crippen molar-refractivity contribution in [2.45, 2.75) is 6.92 Å². The molecule has 6 heteroatoms. The van der Waals surface area contributed by atoms with E-state index in [-0.39, 0.29) is 5.69 Å². The molecular formula is C15H13N3O3. The predicted octanol–water partition coefficient (Wildman–Crippen LogP) is 2.14. The largest absolute Gasteiger partial charge is 0.478 e. The van der Waals surface area contributed by atoms with Gasteiger partial charge in [-0.3, -0.25) is 9.78 Å². The first-order valence-corrected chi connectivity index (χ1v) is 6.16. The number of nitrogens with one attached hydrogen (secondary N) is 1. The van der Waals surface area contributed by atoms with E-state index in [0.717, 1.165) is 11.6 Å². The maximum absolute atomic E-state index is 12.2. The zero-order valence-electron chi connectivity index (χ0n) is 11.3. The third-order valence-corrected chi connectivity index (χ3v) is 2.62. The lowest BCUT2D eigenvalue weighted by atomic mass is 10.1. The van der Waals surface area contributed by atoms with Crippen LogP contribution in [0.3, 0.4) is 0 Å². The predicted molar refractivity (Wildman–Crippen MR) is 77.8 cm³/mol. The van der Waals surface area contributed by atoms with E-state index in [9.17, 15) is 9.59 Å². The molecule has 0 aliphatic heterocycles. The Morgan fingerprint density at radius 1 is 1.24 bits per heavy atom. The summed E-state index contributed by atoms with van der Waals surface area (Å²) in [4.78, 5) is 30.8. The Morgan fingerprint density at radius 3 is 2.76 bits per heavy atom. The van der Waals surface area contributed by atoms with Crippen LogP contribution in [-0.4, -0.2) is 27.0 Å². The molecule has 106 valence electrons. The number of aliphatic carboxylic acids is 1. The molecule has 6 nitrogen and oxygen atoms in total. The first kappa shape index (κ1) is 14.4. The van der Waals surface area contributed by atoms with Crippen molar-refractivity contribution in [3.8, 4) is 0 Å². The number of hydrogen-bond acceptors (Lipinski definition) is 4. The fourth-order valence-corrected chi connectivity index (χ4v) is 1.68. The Kier molecular flexibility index (Phi) is 4.40. The average Bonchev–Trinajstić information content (AvgIpc) is 2.45. The highest BCUT2D eigenvalue weighted by Crippen LogP contribution is 2.11. The highest BCUT2D eigenvalue weighted by atomic mass is 16.4. The number of nitrogens with zero attached hydrogens (tertiary/aromatic N) is 2. The van der Waals surface area contributed by atoms with Gasteiger partial charge in [-0.25, -0.2) is 9.78 Å². The maximum atomic E-state index is 12.2. The van der Waals surface area contributed by atoms with Gasteiger partial charge < -0.3 is 10.4 Å². The van der Waals surface area contributed by atoms with Crippen molar-refractivity contribution in [1.29, 1.82) is 0 Å². The lowest BCUT2D eigenvalue weighted by Crippen LogP contribution is -2.16. The fraction of sp³-hybridized carbons (Fsp3) is 0.0667. The first-order valence-electron chi connectivity index (χ1n) is 6.16. The van der Waals surface area contributed by atoms with Crippen molar-refractivity contribution in [2.75, 3.05) is 5.32 Å². The molecular weight excluding hydrogens is 270 g/mol. The molecule has 2 aromatic heterocycles. The standard InChI is InChI=1S/C15H13N3O3/c1-10-6-8-16-12(9-10)18-15(21)14-11(3-2-7-17-14)4-5-13(19)20/h2-9H,1H3,(H,19,20)(H,16,18,21)/b5-4+. The molecule has 0 saturated carbocycles. The highest BCUT2D eigenvalue weighted by Gasteiger charge is 2.12. The Labute approximate surface area is 121 Å². The highest BCUT2D eigenvalue weighted by molar-refractivity contribution is 6.05. The quantitative estimate of drug-likeness (QED) is 0.839. The van der Waals surface area contributed by atoms with E-state index in [0.29, 0.717) is 11.4 Å². The molecule has 0 atom stereocenters. The molecule has 0 spiro atoms. The molecule has 0 aliphatic rings. The second-order valence-electron chi connectivity index (χ2n) is 4.29. The number of amides is 1. The molecule has 2 aromatic rings. The van der Waals surface area contributed by atoms with Crippen molar-refractivity contribution in [3.63, 3.8) is 0 Å². The van der Waals surface area contributed by atoms with E-state index in [4.69, 9.17) is 5.11 Å². The first-order chi connectivity index (χ1) is 10.1. The molecule has 0 saturated heterocycles. The summed E-state index contributed by atoms with van der Waals surface area (Å²) in [5, 5.41) is 11.3. The van der Waals surface area contributed by atoms with Crippen LogP contribution >= 0.6 is 0 Å². The summed E-state index contributed by atoms with van der Waals surface area (Å²) in [6.45, 7) is 1.89. The Hall–Kier alpha value is -3.02. The molecule has 1 amide bonds. The van der Waals surface area contributed by atoms with Gasteiger partial charge in [0.25, 0.3) is 5.91 Å². The lowest BCUT2D eigenvalue weighted by Gasteiger charge is -2.06. The average molecular weight is 283 g/mol. The summed E-state index contributed by atoms with van der Waals surface area (Å²) in [5.41, 5.74) is 1.52. The zero-order valence-corrected chi connectivity index (χ0v) is 11.3. The van der Waals surface area contributed by atoms with Crippen LogP contribution in [0.1, 0.15) is 21.6 Å². The topological polar surface area (TPSA) is 92.2 Å². The van der Waals surface area contributed by atoms with Crippen LogP contribution < -0.4 is 5.32 Å². The van der Waals surface area contributed by atoms with Gasteiger partial charge in [-0.05, 0) is 36.8 Å². The van der Waals surface area contributed by atoms with E-state index >= 15 is 0 Å². The number of aromatic nitrogens is 2. The molecule has 0 bridgehead atoms.